The van der Waals surface area contributed by atoms with E-state index in [4.69, 9.17) is 14.4 Å². The van der Waals surface area contributed by atoms with Crippen molar-refractivity contribution in [2.24, 2.45) is 0 Å². The summed E-state index contributed by atoms with van der Waals surface area (Å²) in [4.78, 5) is 20.7. The Balaban J connectivity index is 2.11. The van der Waals surface area contributed by atoms with Gasteiger partial charge in [0.1, 0.15) is 5.75 Å². The van der Waals surface area contributed by atoms with E-state index in [-0.39, 0.29) is 17.1 Å². The lowest BCUT2D eigenvalue weighted by molar-refractivity contribution is -0.386. The molecule has 0 amide bonds. The predicted molar refractivity (Wildman–Crippen MR) is 76.4 cm³/mol. The van der Waals surface area contributed by atoms with Gasteiger partial charge < -0.3 is 14.4 Å². The number of hydrogen-bond donors (Lipinski definition) is 1. The van der Waals surface area contributed by atoms with Crippen LogP contribution in [0.1, 0.15) is 17.0 Å². The molecule has 8 nitrogen and oxygen atoms in total. The van der Waals surface area contributed by atoms with Crippen molar-refractivity contribution in [3.8, 4) is 5.75 Å². The van der Waals surface area contributed by atoms with E-state index in [1.54, 1.807) is 30.3 Å². The maximum Gasteiger partial charge on any atom is 0.341 e. The number of ether oxygens (including phenoxy) is 1. The second-order valence-corrected chi connectivity index (χ2v) is 4.32. The van der Waals surface area contributed by atoms with Gasteiger partial charge in [0.15, 0.2) is 12.3 Å². The summed E-state index contributed by atoms with van der Waals surface area (Å²) in [5.74, 6) is -0.577. The molecule has 1 N–H and O–H groups in total. The molecule has 0 saturated heterocycles. The van der Waals surface area contributed by atoms with Crippen LogP contribution in [0.4, 0.5) is 5.69 Å². The molecule has 0 aliphatic rings. The molecule has 0 saturated carbocycles. The van der Waals surface area contributed by atoms with Crippen molar-refractivity contribution >= 4 is 23.8 Å². The second-order valence-electron chi connectivity index (χ2n) is 4.32. The number of rotatable bonds is 6. The molecule has 0 radical (unpaired) electrons. The molecule has 1 heterocycles. The average Bonchev–Trinajstić information content (AvgIpc) is 2.85. The first-order valence-electron chi connectivity index (χ1n) is 6.21. The predicted octanol–water partition coefficient (Wildman–Crippen LogP) is 2.53. The molecule has 2 rings (SSSR count). The van der Waals surface area contributed by atoms with Crippen LogP contribution in [0.2, 0.25) is 0 Å². The largest absolute Gasteiger partial charge is 0.482 e. The summed E-state index contributed by atoms with van der Waals surface area (Å²) in [5.41, 5.74) is 0.783. The van der Waals surface area contributed by atoms with Gasteiger partial charge >= 0.3 is 11.7 Å². The number of aromatic nitrogens is 1. The lowest BCUT2D eigenvalue weighted by Gasteiger charge is -2.02. The zero-order valence-electron chi connectivity index (χ0n) is 11.6. The van der Waals surface area contributed by atoms with E-state index < -0.39 is 17.5 Å². The van der Waals surface area contributed by atoms with E-state index in [1.807, 2.05) is 0 Å². The number of nitro groups is 1. The molecule has 0 aliphatic carbocycles. The molecule has 8 heteroatoms. The molecule has 1 aromatic heterocycles. The molecule has 114 valence electrons. The van der Waals surface area contributed by atoms with Crippen LogP contribution in [0, 0.1) is 17.0 Å². The van der Waals surface area contributed by atoms with E-state index in [0.717, 1.165) is 5.56 Å². The highest BCUT2D eigenvalue weighted by Crippen LogP contribution is 2.24. The van der Waals surface area contributed by atoms with E-state index >= 15 is 0 Å². The Bertz CT molecular complexity index is 717. The Morgan fingerprint density at radius 1 is 1.41 bits per heavy atom. The van der Waals surface area contributed by atoms with Crippen molar-refractivity contribution in [3.63, 3.8) is 0 Å². The third-order valence-corrected chi connectivity index (χ3v) is 2.71. The van der Waals surface area contributed by atoms with Gasteiger partial charge in [-0.05, 0) is 30.7 Å². The highest BCUT2D eigenvalue weighted by Gasteiger charge is 2.21. The van der Waals surface area contributed by atoms with Crippen molar-refractivity contribution in [2.75, 3.05) is 6.61 Å². The van der Waals surface area contributed by atoms with E-state index in [9.17, 15) is 14.9 Å². The second kappa shape index (κ2) is 6.53. The summed E-state index contributed by atoms with van der Waals surface area (Å²) in [6, 6.07) is 6.57. The summed E-state index contributed by atoms with van der Waals surface area (Å²) in [5, 5.41) is 23.0. The molecule has 2 aromatic rings. The van der Waals surface area contributed by atoms with Crippen LogP contribution in [0.5, 0.6) is 5.75 Å². The summed E-state index contributed by atoms with van der Waals surface area (Å²) >= 11 is 0. The fraction of sp³-hybridized carbons (Fsp3) is 0.143. The van der Waals surface area contributed by atoms with Crippen LogP contribution in [0.25, 0.3) is 12.2 Å². The molecular weight excluding hydrogens is 292 g/mol. The van der Waals surface area contributed by atoms with E-state index in [2.05, 4.69) is 5.16 Å². The molecular formula is C14H12N2O6. The average molecular weight is 304 g/mol. The minimum absolute atomic E-state index is 0.0636. The highest BCUT2D eigenvalue weighted by molar-refractivity contribution is 5.72. The van der Waals surface area contributed by atoms with Crippen LogP contribution in [0.3, 0.4) is 0 Å². The van der Waals surface area contributed by atoms with Crippen LogP contribution >= 0.6 is 0 Å². The standard InChI is InChI=1S/C14H12N2O6/c1-9-14(16(19)20)12(22-15-9)7-4-10-2-5-11(6-3-10)21-8-13(17)18/h2-7H,8H2,1H3,(H,17,18). The van der Waals surface area contributed by atoms with Gasteiger partial charge in [0, 0.05) is 0 Å². The first-order valence-corrected chi connectivity index (χ1v) is 6.21. The van der Waals surface area contributed by atoms with Crippen molar-refractivity contribution in [1.29, 1.82) is 0 Å². The number of carboxylic acids is 1. The number of nitrogens with zero attached hydrogens (tertiary/aromatic N) is 2. The van der Waals surface area contributed by atoms with Gasteiger partial charge in [-0.1, -0.05) is 23.4 Å². The third-order valence-electron chi connectivity index (χ3n) is 2.71. The van der Waals surface area contributed by atoms with Gasteiger partial charge in [-0.2, -0.15) is 0 Å². The van der Waals surface area contributed by atoms with Gasteiger partial charge in [-0.25, -0.2) is 4.79 Å². The van der Waals surface area contributed by atoms with Gasteiger partial charge in [-0.15, -0.1) is 0 Å². The number of carboxylic acid groups (broad SMARTS) is 1. The van der Waals surface area contributed by atoms with Gasteiger partial charge in [0.2, 0.25) is 5.76 Å². The van der Waals surface area contributed by atoms with Crippen molar-refractivity contribution < 1.29 is 24.1 Å². The zero-order chi connectivity index (χ0) is 16.1. The Morgan fingerprint density at radius 2 is 2.09 bits per heavy atom. The fourth-order valence-electron chi connectivity index (χ4n) is 1.71. The molecule has 0 unspecified atom stereocenters. The molecule has 0 spiro atoms. The van der Waals surface area contributed by atoms with Crippen LogP contribution in [-0.2, 0) is 4.79 Å². The van der Waals surface area contributed by atoms with Crippen LogP contribution < -0.4 is 4.74 Å². The highest BCUT2D eigenvalue weighted by atomic mass is 16.6. The van der Waals surface area contributed by atoms with Gasteiger partial charge in [0.25, 0.3) is 0 Å². The minimum Gasteiger partial charge on any atom is -0.482 e. The van der Waals surface area contributed by atoms with Gasteiger partial charge in [0.05, 0.1) is 4.92 Å². The number of carbonyl (C=O) groups is 1. The zero-order valence-corrected chi connectivity index (χ0v) is 11.6. The summed E-state index contributed by atoms with van der Waals surface area (Å²) < 4.78 is 9.90. The summed E-state index contributed by atoms with van der Waals surface area (Å²) in [6.07, 6.45) is 3.07. The summed E-state index contributed by atoms with van der Waals surface area (Å²) in [7, 11) is 0. The molecule has 0 aliphatic heterocycles. The lowest BCUT2D eigenvalue weighted by atomic mass is 10.2. The SMILES string of the molecule is Cc1noc(C=Cc2ccc(OCC(=O)O)cc2)c1[N+](=O)[O-]. The Kier molecular flexibility index (Phi) is 4.52. The number of aryl methyl sites for hydroxylation is 1. The molecule has 0 fully saturated rings. The van der Waals surface area contributed by atoms with E-state index in [1.165, 1.54) is 13.0 Å². The quantitative estimate of drug-likeness (QED) is 0.643. The van der Waals surface area contributed by atoms with Crippen LogP contribution in [-0.4, -0.2) is 27.8 Å². The van der Waals surface area contributed by atoms with Crippen LogP contribution in [0.15, 0.2) is 28.8 Å². The summed E-state index contributed by atoms with van der Waals surface area (Å²) in [6.45, 7) is 1.08. The Hall–Kier alpha value is -3.16. The number of benzene rings is 1. The third kappa shape index (κ3) is 3.69. The first-order chi connectivity index (χ1) is 10.5. The monoisotopic (exact) mass is 304 g/mol. The van der Waals surface area contributed by atoms with Crippen molar-refractivity contribution in [2.45, 2.75) is 6.92 Å². The minimum atomic E-state index is -1.06. The molecule has 0 atom stereocenters. The van der Waals surface area contributed by atoms with Crippen molar-refractivity contribution in [3.05, 3.63) is 51.4 Å². The molecule has 1 aromatic carbocycles. The maximum atomic E-state index is 10.9. The van der Waals surface area contributed by atoms with E-state index in [0.29, 0.717) is 5.75 Å². The Labute approximate surface area is 124 Å². The number of aliphatic carboxylic acids is 1. The topological polar surface area (TPSA) is 116 Å². The Morgan fingerprint density at radius 3 is 2.68 bits per heavy atom. The number of hydrogen-bond acceptors (Lipinski definition) is 6. The van der Waals surface area contributed by atoms with Gasteiger partial charge in [-0.3, -0.25) is 10.1 Å². The molecule has 0 bridgehead atoms. The maximum absolute atomic E-state index is 10.9. The first kappa shape index (κ1) is 15.2. The smallest absolute Gasteiger partial charge is 0.341 e. The normalized spacial score (nSPS) is 10.8. The van der Waals surface area contributed by atoms with Crippen molar-refractivity contribution in [1.82, 2.24) is 5.16 Å². The lowest BCUT2D eigenvalue weighted by Crippen LogP contribution is -2.09. The fourth-order valence-corrected chi connectivity index (χ4v) is 1.71. The molecule has 22 heavy (non-hydrogen) atoms.